The standard InChI is InChI=1S/C13H20O10S2/c1-8-10(6-20-24(8,16)17)22-12(14)4-3-5-13(15)23-11-7-21-25(18,19)9(11)2/h8-11H,3-7H2,1-2H3. The average Bonchev–Trinajstić information content (AvgIpc) is 2.91. The second-order valence-corrected chi connectivity index (χ2v) is 9.80. The number of carbonyl (C=O) groups excluding carboxylic acids is 2. The number of hydrogen-bond donors (Lipinski definition) is 0. The predicted molar refractivity (Wildman–Crippen MR) is 82.3 cm³/mol. The SMILES string of the molecule is CC1C(OC(=O)CCCC(=O)OC2COS(=O)(=O)C2C)COS1(=O)=O. The van der Waals surface area contributed by atoms with Gasteiger partial charge in [-0.2, -0.15) is 16.8 Å². The topological polar surface area (TPSA) is 139 Å². The molecule has 2 saturated heterocycles. The van der Waals surface area contributed by atoms with Crippen molar-refractivity contribution in [2.45, 2.75) is 55.8 Å². The maximum absolute atomic E-state index is 11.7. The van der Waals surface area contributed by atoms with E-state index in [4.69, 9.17) is 9.47 Å². The number of carbonyl (C=O) groups is 2. The van der Waals surface area contributed by atoms with Crippen molar-refractivity contribution in [3.63, 3.8) is 0 Å². The molecule has 2 rings (SSSR count). The molecule has 0 aromatic carbocycles. The van der Waals surface area contributed by atoms with Crippen molar-refractivity contribution in [1.29, 1.82) is 0 Å². The Bertz CT molecular complexity index is 664. The van der Waals surface area contributed by atoms with Crippen LogP contribution in [-0.2, 0) is 47.7 Å². The quantitative estimate of drug-likeness (QED) is 0.422. The fourth-order valence-corrected chi connectivity index (χ4v) is 4.36. The Labute approximate surface area is 146 Å². The second-order valence-electron chi connectivity index (χ2n) is 5.88. The lowest BCUT2D eigenvalue weighted by atomic mass is 10.2. The molecule has 0 aromatic rings. The minimum atomic E-state index is -3.69. The van der Waals surface area contributed by atoms with E-state index in [1.807, 2.05) is 0 Å². The summed E-state index contributed by atoms with van der Waals surface area (Å²) in [5, 5.41) is -1.88. The van der Waals surface area contributed by atoms with E-state index in [1.54, 1.807) is 0 Å². The first-order valence-electron chi connectivity index (χ1n) is 7.68. The highest BCUT2D eigenvalue weighted by Gasteiger charge is 2.41. The normalized spacial score (nSPS) is 33.0. The molecule has 2 aliphatic heterocycles. The Morgan fingerprint density at radius 1 is 0.840 bits per heavy atom. The van der Waals surface area contributed by atoms with Crippen LogP contribution in [-0.4, -0.2) is 64.7 Å². The second kappa shape index (κ2) is 7.56. The van der Waals surface area contributed by atoms with Gasteiger partial charge >= 0.3 is 11.9 Å². The molecule has 0 N–H and O–H groups in total. The van der Waals surface area contributed by atoms with E-state index >= 15 is 0 Å². The van der Waals surface area contributed by atoms with Crippen LogP contribution in [0.2, 0.25) is 0 Å². The zero-order valence-corrected chi connectivity index (χ0v) is 15.4. The zero-order valence-electron chi connectivity index (χ0n) is 13.7. The van der Waals surface area contributed by atoms with Crippen molar-refractivity contribution in [2.24, 2.45) is 0 Å². The molecule has 2 fully saturated rings. The molecule has 0 aromatic heterocycles. The van der Waals surface area contributed by atoms with Gasteiger partial charge in [-0.05, 0) is 20.3 Å². The summed E-state index contributed by atoms with van der Waals surface area (Å²) in [7, 11) is -7.39. The zero-order chi connectivity index (χ0) is 18.8. The van der Waals surface area contributed by atoms with E-state index in [9.17, 15) is 26.4 Å². The molecule has 25 heavy (non-hydrogen) atoms. The lowest BCUT2D eigenvalue weighted by molar-refractivity contribution is -0.151. The van der Waals surface area contributed by atoms with E-state index in [0.29, 0.717) is 0 Å². The summed E-state index contributed by atoms with van der Waals surface area (Å²) in [5.74, 6) is -1.30. The first kappa shape index (κ1) is 20.1. The van der Waals surface area contributed by atoms with Crippen LogP contribution in [0.5, 0.6) is 0 Å². The van der Waals surface area contributed by atoms with Gasteiger partial charge in [0.25, 0.3) is 20.2 Å². The monoisotopic (exact) mass is 400 g/mol. The van der Waals surface area contributed by atoms with Crippen LogP contribution >= 0.6 is 0 Å². The van der Waals surface area contributed by atoms with E-state index in [0.717, 1.165) is 0 Å². The van der Waals surface area contributed by atoms with Crippen LogP contribution in [0, 0.1) is 0 Å². The molecule has 4 atom stereocenters. The van der Waals surface area contributed by atoms with Crippen molar-refractivity contribution in [3.8, 4) is 0 Å². The number of hydrogen-bond acceptors (Lipinski definition) is 10. The molecule has 2 heterocycles. The Balaban J connectivity index is 1.69. The van der Waals surface area contributed by atoms with Crippen LogP contribution in [0.25, 0.3) is 0 Å². The third kappa shape index (κ3) is 4.90. The Kier molecular flexibility index (Phi) is 6.07. The van der Waals surface area contributed by atoms with Crippen LogP contribution in [0.3, 0.4) is 0 Å². The Morgan fingerprint density at radius 2 is 1.20 bits per heavy atom. The summed E-state index contributed by atoms with van der Waals surface area (Å²) in [6.45, 7) is 2.34. The number of ether oxygens (including phenoxy) is 2. The molecule has 0 aliphatic carbocycles. The first-order chi connectivity index (χ1) is 11.5. The summed E-state index contributed by atoms with van der Waals surface area (Å²) in [4.78, 5) is 23.4. The Hall–Kier alpha value is -1.24. The summed E-state index contributed by atoms with van der Waals surface area (Å²) in [5.41, 5.74) is 0. The van der Waals surface area contributed by atoms with Crippen LogP contribution in [0.4, 0.5) is 0 Å². The largest absolute Gasteiger partial charge is 0.458 e. The van der Waals surface area contributed by atoms with Crippen molar-refractivity contribution >= 4 is 32.2 Å². The minimum Gasteiger partial charge on any atom is -0.458 e. The van der Waals surface area contributed by atoms with Crippen LogP contribution in [0.15, 0.2) is 0 Å². The predicted octanol–water partition coefficient (Wildman–Crippen LogP) is -0.523. The van der Waals surface area contributed by atoms with Crippen molar-refractivity contribution in [1.82, 2.24) is 0 Å². The van der Waals surface area contributed by atoms with Gasteiger partial charge in [0.05, 0.1) is 0 Å². The molecular weight excluding hydrogens is 380 g/mol. The molecular formula is C13H20O10S2. The minimum absolute atomic E-state index is 0.104. The molecule has 0 spiro atoms. The van der Waals surface area contributed by atoms with Crippen LogP contribution in [0.1, 0.15) is 33.1 Å². The Morgan fingerprint density at radius 3 is 1.48 bits per heavy atom. The van der Waals surface area contributed by atoms with Gasteiger partial charge in [0.15, 0.2) is 0 Å². The molecule has 0 radical (unpaired) electrons. The van der Waals surface area contributed by atoms with Crippen molar-refractivity contribution in [3.05, 3.63) is 0 Å². The summed E-state index contributed by atoms with van der Waals surface area (Å²) in [6, 6.07) is 0. The van der Waals surface area contributed by atoms with Gasteiger partial charge in [-0.15, -0.1) is 0 Å². The average molecular weight is 400 g/mol. The molecule has 4 unspecified atom stereocenters. The maximum atomic E-state index is 11.7. The van der Waals surface area contributed by atoms with Gasteiger partial charge in [0.2, 0.25) is 0 Å². The van der Waals surface area contributed by atoms with Crippen molar-refractivity contribution in [2.75, 3.05) is 13.2 Å². The summed E-state index contributed by atoms with van der Waals surface area (Å²) < 4.78 is 64.7. The first-order valence-corrected chi connectivity index (χ1v) is 10.6. The van der Waals surface area contributed by atoms with Crippen LogP contribution < -0.4 is 0 Å². The lowest BCUT2D eigenvalue weighted by Crippen LogP contribution is -2.30. The molecule has 0 bridgehead atoms. The van der Waals surface area contributed by atoms with Gasteiger partial charge in [-0.1, -0.05) is 0 Å². The van der Waals surface area contributed by atoms with Gasteiger partial charge in [0.1, 0.15) is 35.9 Å². The van der Waals surface area contributed by atoms with Gasteiger partial charge < -0.3 is 9.47 Å². The molecule has 12 heteroatoms. The van der Waals surface area contributed by atoms with E-state index in [1.165, 1.54) is 13.8 Å². The smallest absolute Gasteiger partial charge is 0.306 e. The summed E-state index contributed by atoms with van der Waals surface area (Å²) >= 11 is 0. The third-order valence-electron chi connectivity index (χ3n) is 4.08. The van der Waals surface area contributed by atoms with Gasteiger partial charge in [0, 0.05) is 12.8 Å². The maximum Gasteiger partial charge on any atom is 0.306 e. The number of esters is 2. The fraction of sp³-hybridized carbons (Fsp3) is 0.846. The lowest BCUT2D eigenvalue weighted by Gasteiger charge is -2.14. The third-order valence-corrected chi connectivity index (χ3v) is 7.44. The molecule has 0 saturated carbocycles. The molecule has 144 valence electrons. The van der Waals surface area contributed by atoms with E-state index < -0.39 is 54.9 Å². The summed E-state index contributed by atoms with van der Waals surface area (Å²) in [6.07, 6.45) is -1.82. The van der Waals surface area contributed by atoms with Gasteiger partial charge in [-0.3, -0.25) is 18.0 Å². The van der Waals surface area contributed by atoms with E-state index in [-0.39, 0.29) is 32.5 Å². The van der Waals surface area contributed by atoms with Gasteiger partial charge in [-0.25, -0.2) is 0 Å². The highest BCUT2D eigenvalue weighted by atomic mass is 32.2. The molecule has 0 amide bonds. The highest BCUT2D eigenvalue weighted by Crippen LogP contribution is 2.22. The molecule has 2 aliphatic rings. The number of rotatable bonds is 6. The fourth-order valence-electron chi connectivity index (χ4n) is 2.27. The van der Waals surface area contributed by atoms with Crippen molar-refractivity contribution < 1.29 is 44.3 Å². The molecule has 10 nitrogen and oxygen atoms in total. The highest BCUT2D eigenvalue weighted by molar-refractivity contribution is 7.87. The van der Waals surface area contributed by atoms with E-state index in [2.05, 4.69) is 8.37 Å².